The number of nitrogens with one attached hydrogen (secondary N) is 1. The number of carbonyl (C=O) groups excluding carboxylic acids is 1. The number of ether oxygens (including phenoxy) is 3. The number of hydrogen-bond acceptors (Lipinski definition) is 4. The molecular formula is C16H27NO4S. The average Bonchev–Trinajstić information content (AvgIpc) is 2.44. The molecule has 0 saturated carbocycles. The maximum Gasteiger partial charge on any atom is 0.251 e. The van der Waals surface area contributed by atoms with Crippen LogP contribution in [0.3, 0.4) is 0 Å². The molecule has 22 heavy (non-hydrogen) atoms. The van der Waals surface area contributed by atoms with Gasteiger partial charge in [0.25, 0.3) is 5.91 Å². The minimum atomic E-state index is -0.151. The van der Waals surface area contributed by atoms with Crippen LogP contribution >= 0.6 is 13.5 Å². The Kier molecular flexibility index (Phi) is 8.79. The summed E-state index contributed by atoms with van der Waals surface area (Å²) < 4.78 is 15.8. The Morgan fingerprint density at radius 1 is 1.05 bits per heavy atom. The highest BCUT2D eigenvalue weighted by Crippen LogP contribution is 2.38. The molecule has 0 aliphatic rings. The Morgan fingerprint density at radius 2 is 1.55 bits per heavy atom. The van der Waals surface area contributed by atoms with Crippen molar-refractivity contribution in [3.8, 4) is 17.2 Å². The second kappa shape index (κ2) is 9.46. The largest absolute Gasteiger partial charge is 0.493 e. The van der Waals surface area contributed by atoms with Gasteiger partial charge >= 0.3 is 0 Å². The Morgan fingerprint density at radius 3 is 1.91 bits per heavy atom. The lowest BCUT2D eigenvalue weighted by molar-refractivity contribution is 0.0935. The molecule has 0 radical (unpaired) electrons. The van der Waals surface area contributed by atoms with Gasteiger partial charge in [0, 0.05) is 11.6 Å². The van der Waals surface area contributed by atoms with E-state index in [-0.39, 0.29) is 25.4 Å². The number of carbonyl (C=O) groups is 1. The van der Waals surface area contributed by atoms with Crippen molar-refractivity contribution in [2.75, 3.05) is 21.3 Å². The molecule has 5 nitrogen and oxygen atoms in total. The maximum absolute atomic E-state index is 12.3. The zero-order chi connectivity index (χ0) is 16.0. The second-order valence-electron chi connectivity index (χ2n) is 5.42. The molecule has 0 saturated heterocycles. The predicted octanol–water partition coefficient (Wildman–Crippen LogP) is 2.99. The summed E-state index contributed by atoms with van der Waals surface area (Å²) in [5.74, 6) is 1.80. The normalized spacial score (nSPS) is 11.4. The predicted molar refractivity (Wildman–Crippen MR) is 92.9 cm³/mol. The first-order chi connectivity index (χ1) is 9.92. The van der Waals surface area contributed by atoms with E-state index in [0.717, 1.165) is 6.42 Å². The standard InChI is InChI=1S/C16H25NO4.H2S/c1-10(2)7-11(3)17-16(18)12-8-13(19-4)15(21-6)14(9-12)20-5;/h8-11H,7H2,1-6H3,(H,17,18);1H2/t11-;/m0./s1. The fourth-order valence-electron chi connectivity index (χ4n) is 2.29. The number of rotatable bonds is 7. The molecule has 1 atom stereocenters. The summed E-state index contributed by atoms with van der Waals surface area (Å²) in [6, 6.07) is 3.41. The summed E-state index contributed by atoms with van der Waals surface area (Å²) >= 11 is 0. The molecule has 1 amide bonds. The van der Waals surface area contributed by atoms with Gasteiger partial charge in [-0.25, -0.2) is 0 Å². The summed E-state index contributed by atoms with van der Waals surface area (Å²) in [6.07, 6.45) is 0.927. The fourth-order valence-corrected chi connectivity index (χ4v) is 2.29. The van der Waals surface area contributed by atoms with Crippen molar-refractivity contribution >= 4 is 19.4 Å². The van der Waals surface area contributed by atoms with E-state index >= 15 is 0 Å². The SMILES string of the molecule is COc1cc(C(=O)N[C@@H](C)CC(C)C)cc(OC)c1OC.S. The summed E-state index contributed by atoms with van der Waals surface area (Å²) in [4.78, 5) is 12.3. The first-order valence-corrected chi connectivity index (χ1v) is 7.03. The van der Waals surface area contributed by atoms with Crippen LogP contribution in [0.4, 0.5) is 0 Å². The molecule has 0 fully saturated rings. The lowest BCUT2D eigenvalue weighted by Crippen LogP contribution is -2.33. The van der Waals surface area contributed by atoms with Crippen LogP contribution < -0.4 is 19.5 Å². The zero-order valence-corrected chi connectivity index (χ0v) is 15.1. The molecular weight excluding hydrogens is 302 g/mol. The van der Waals surface area contributed by atoms with Crippen molar-refractivity contribution in [3.05, 3.63) is 17.7 Å². The minimum Gasteiger partial charge on any atom is -0.493 e. The first-order valence-electron chi connectivity index (χ1n) is 7.03. The van der Waals surface area contributed by atoms with Gasteiger partial charge in [-0.1, -0.05) is 13.8 Å². The third-order valence-electron chi connectivity index (χ3n) is 3.13. The molecule has 0 aromatic heterocycles. The molecule has 1 N–H and O–H groups in total. The summed E-state index contributed by atoms with van der Waals surface area (Å²) in [5, 5.41) is 2.98. The molecule has 0 aliphatic heterocycles. The van der Waals surface area contributed by atoms with Crippen molar-refractivity contribution in [1.29, 1.82) is 0 Å². The Hall–Kier alpha value is -1.56. The van der Waals surface area contributed by atoms with Crippen molar-refractivity contribution in [1.82, 2.24) is 5.32 Å². The molecule has 1 rings (SSSR count). The highest BCUT2D eigenvalue weighted by Gasteiger charge is 2.18. The van der Waals surface area contributed by atoms with Gasteiger partial charge in [0.15, 0.2) is 11.5 Å². The summed E-state index contributed by atoms with van der Waals surface area (Å²) in [5.41, 5.74) is 0.486. The third kappa shape index (κ3) is 5.33. The van der Waals surface area contributed by atoms with E-state index in [2.05, 4.69) is 19.2 Å². The van der Waals surface area contributed by atoms with Crippen molar-refractivity contribution < 1.29 is 19.0 Å². The molecule has 0 heterocycles. The summed E-state index contributed by atoms with van der Waals surface area (Å²) in [7, 11) is 4.59. The molecule has 6 heteroatoms. The Labute approximate surface area is 139 Å². The molecule has 0 unspecified atom stereocenters. The van der Waals surface area contributed by atoms with E-state index in [1.54, 1.807) is 12.1 Å². The van der Waals surface area contributed by atoms with Gasteiger partial charge in [0.1, 0.15) is 0 Å². The topological polar surface area (TPSA) is 56.8 Å². The van der Waals surface area contributed by atoms with Crippen LogP contribution in [0.25, 0.3) is 0 Å². The highest BCUT2D eigenvalue weighted by atomic mass is 32.1. The van der Waals surface area contributed by atoms with Gasteiger partial charge < -0.3 is 19.5 Å². The quantitative estimate of drug-likeness (QED) is 0.835. The van der Waals surface area contributed by atoms with E-state index in [1.807, 2.05) is 6.92 Å². The van der Waals surface area contributed by atoms with Crippen LogP contribution in [-0.2, 0) is 0 Å². The second-order valence-corrected chi connectivity index (χ2v) is 5.42. The van der Waals surface area contributed by atoms with Gasteiger partial charge in [-0.3, -0.25) is 4.79 Å². The Balaban J connectivity index is 0.00000441. The van der Waals surface area contributed by atoms with E-state index in [0.29, 0.717) is 28.7 Å². The average molecular weight is 329 g/mol. The Bertz CT molecular complexity index is 466. The number of hydrogen-bond donors (Lipinski definition) is 1. The van der Waals surface area contributed by atoms with Crippen LogP contribution in [0.5, 0.6) is 17.2 Å². The third-order valence-corrected chi connectivity index (χ3v) is 3.13. The van der Waals surface area contributed by atoms with E-state index < -0.39 is 0 Å². The van der Waals surface area contributed by atoms with Crippen molar-refractivity contribution in [2.45, 2.75) is 33.2 Å². The van der Waals surface area contributed by atoms with Crippen LogP contribution in [0.1, 0.15) is 37.6 Å². The monoisotopic (exact) mass is 329 g/mol. The number of methoxy groups -OCH3 is 3. The van der Waals surface area contributed by atoms with Gasteiger partial charge in [0.2, 0.25) is 5.75 Å². The van der Waals surface area contributed by atoms with Crippen molar-refractivity contribution in [2.24, 2.45) is 5.92 Å². The molecule has 126 valence electrons. The lowest BCUT2D eigenvalue weighted by Gasteiger charge is -2.17. The molecule has 0 spiro atoms. The van der Waals surface area contributed by atoms with Gasteiger partial charge in [0.05, 0.1) is 21.3 Å². The maximum atomic E-state index is 12.3. The zero-order valence-electron chi connectivity index (χ0n) is 14.1. The van der Waals surface area contributed by atoms with Crippen LogP contribution in [0.15, 0.2) is 12.1 Å². The number of amides is 1. The van der Waals surface area contributed by atoms with Gasteiger partial charge in [-0.05, 0) is 31.4 Å². The van der Waals surface area contributed by atoms with Crippen LogP contribution in [-0.4, -0.2) is 33.3 Å². The van der Waals surface area contributed by atoms with Crippen LogP contribution in [0.2, 0.25) is 0 Å². The molecule has 0 aliphatic carbocycles. The smallest absolute Gasteiger partial charge is 0.251 e. The van der Waals surface area contributed by atoms with E-state index in [1.165, 1.54) is 21.3 Å². The highest BCUT2D eigenvalue weighted by molar-refractivity contribution is 7.59. The molecule has 1 aromatic rings. The first kappa shape index (κ1) is 20.4. The fraction of sp³-hybridized carbons (Fsp3) is 0.562. The van der Waals surface area contributed by atoms with E-state index in [4.69, 9.17) is 14.2 Å². The van der Waals surface area contributed by atoms with Crippen LogP contribution in [0, 0.1) is 5.92 Å². The molecule has 0 bridgehead atoms. The van der Waals surface area contributed by atoms with Crippen molar-refractivity contribution in [3.63, 3.8) is 0 Å². The number of benzene rings is 1. The molecule has 1 aromatic carbocycles. The minimum absolute atomic E-state index is 0. The summed E-state index contributed by atoms with van der Waals surface area (Å²) in [6.45, 7) is 6.25. The van der Waals surface area contributed by atoms with Gasteiger partial charge in [-0.15, -0.1) is 0 Å². The van der Waals surface area contributed by atoms with E-state index in [9.17, 15) is 4.79 Å². The van der Waals surface area contributed by atoms with Gasteiger partial charge in [-0.2, -0.15) is 13.5 Å². The lowest BCUT2D eigenvalue weighted by atomic mass is 10.0.